The van der Waals surface area contributed by atoms with Gasteiger partial charge in [0.1, 0.15) is 5.82 Å². The lowest BCUT2D eigenvalue weighted by Crippen LogP contribution is -2.37. The molecular formula is C14H18ClN5O. The number of anilines is 1. The predicted molar refractivity (Wildman–Crippen MR) is 82.3 cm³/mol. The van der Waals surface area contributed by atoms with E-state index in [1.54, 1.807) is 12.1 Å². The Hall–Kier alpha value is -1.92. The molecule has 6 nitrogen and oxygen atoms in total. The van der Waals surface area contributed by atoms with Crippen LogP contribution >= 0.6 is 11.6 Å². The zero-order valence-corrected chi connectivity index (χ0v) is 12.8. The summed E-state index contributed by atoms with van der Waals surface area (Å²) in [5, 5.41) is 10.6. The fourth-order valence-corrected chi connectivity index (χ4v) is 1.93. The highest BCUT2D eigenvalue weighted by molar-refractivity contribution is 6.30. The zero-order valence-electron chi connectivity index (χ0n) is 12.0. The molecule has 0 radical (unpaired) electrons. The number of nitrogens with zero attached hydrogens (tertiary/aromatic N) is 3. The molecule has 7 heteroatoms. The highest BCUT2D eigenvalue weighted by Crippen LogP contribution is 2.09. The van der Waals surface area contributed by atoms with Crippen LogP contribution in [0.3, 0.4) is 0 Å². The molecule has 0 fully saturated rings. The number of nitrogens with one attached hydrogen (secondary N) is 2. The van der Waals surface area contributed by atoms with Crippen LogP contribution in [0, 0.1) is 6.92 Å². The van der Waals surface area contributed by atoms with E-state index in [2.05, 4.69) is 20.7 Å². The molecule has 0 saturated heterocycles. The molecule has 2 aromatic rings. The molecule has 0 saturated carbocycles. The van der Waals surface area contributed by atoms with Gasteiger partial charge in [0.2, 0.25) is 5.91 Å². The van der Waals surface area contributed by atoms with Gasteiger partial charge in [0.05, 0.1) is 24.3 Å². The van der Waals surface area contributed by atoms with Gasteiger partial charge in [-0.25, -0.2) is 4.98 Å². The number of aryl methyl sites for hydroxylation is 1. The quantitative estimate of drug-likeness (QED) is 0.854. The van der Waals surface area contributed by atoms with Gasteiger partial charge in [0.25, 0.3) is 0 Å². The number of hydrogen-bond acceptors (Lipinski definition) is 4. The average molecular weight is 308 g/mol. The van der Waals surface area contributed by atoms with Crippen molar-refractivity contribution in [2.75, 3.05) is 11.9 Å². The normalized spacial score (nSPS) is 12.1. The molecular weight excluding hydrogens is 290 g/mol. The third-order valence-electron chi connectivity index (χ3n) is 2.83. The number of carbonyl (C=O) groups excluding carboxylic acids is 1. The van der Waals surface area contributed by atoms with Crippen molar-refractivity contribution < 1.29 is 4.79 Å². The molecule has 0 aliphatic heterocycles. The number of rotatable bonds is 6. The van der Waals surface area contributed by atoms with Crippen molar-refractivity contribution in [3.63, 3.8) is 0 Å². The van der Waals surface area contributed by atoms with Crippen molar-refractivity contribution in [1.82, 2.24) is 20.1 Å². The molecule has 0 bridgehead atoms. The van der Waals surface area contributed by atoms with Crippen LogP contribution in [0.4, 0.5) is 5.82 Å². The lowest BCUT2D eigenvalue weighted by molar-refractivity contribution is -0.115. The van der Waals surface area contributed by atoms with Gasteiger partial charge in [-0.15, -0.1) is 0 Å². The van der Waals surface area contributed by atoms with E-state index in [1.807, 2.05) is 30.9 Å². The van der Waals surface area contributed by atoms with E-state index in [1.165, 1.54) is 6.20 Å². The number of pyridine rings is 1. The molecule has 21 heavy (non-hydrogen) atoms. The second-order valence-corrected chi connectivity index (χ2v) is 5.37. The summed E-state index contributed by atoms with van der Waals surface area (Å²) in [6, 6.07) is 3.48. The Balaban J connectivity index is 1.74. The number of carbonyl (C=O) groups is 1. The van der Waals surface area contributed by atoms with Crippen LogP contribution in [-0.2, 0) is 11.3 Å². The molecule has 0 aliphatic carbocycles. The van der Waals surface area contributed by atoms with Gasteiger partial charge < -0.3 is 10.6 Å². The highest BCUT2D eigenvalue weighted by Gasteiger charge is 2.07. The van der Waals surface area contributed by atoms with Crippen molar-refractivity contribution >= 4 is 23.3 Å². The summed E-state index contributed by atoms with van der Waals surface area (Å²) in [6.07, 6.45) is 5.27. The van der Waals surface area contributed by atoms with Crippen LogP contribution in [0.1, 0.15) is 12.5 Å². The van der Waals surface area contributed by atoms with Crippen LogP contribution in [-0.4, -0.2) is 33.3 Å². The largest absolute Gasteiger partial charge is 0.310 e. The van der Waals surface area contributed by atoms with Crippen molar-refractivity contribution in [3.05, 3.63) is 41.3 Å². The smallest absolute Gasteiger partial charge is 0.239 e. The Morgan fingerprint density at radius 2 is 2.24 bits per heavy atom. The topological polar surface area (TPSA) is 71.8 Å². The van der Waals surface area contributed by atoms with Gasteiger partial charge in [-0.2, -0.15) is 5.10 Å². The van der Waals surface area contributed by atoms with E-state index in [0.29, 0.717) is 17.4 Å². The van der Waals surface area contributed by atoms with E-state index in [4.69, 9.17) is 11.6 Å². The third-order valence-corrected chi connectivity index (χ3v) is 3.05. The molecule has 2 N–H and O–H groups in total. The Morgan fingerprint density at radius 3 is 2.86 bits per heavy atom. The number of aromatic nitrogens is 3. The summed E-state index contributed by atoms with van der Waals surface area (Å²) in [6.45, 7) is 4.92. The summed E-state index contributed by atoms with van der Waals surface area (Å²) in [5.41, 5.74) is 1.12. The van der Waals surface area contributed by atoms with E-state index in [9.17, 15) is 4.79 Å². The van der Waals surface area contributed by atoms with Gasteiger partial charge >= 0.3 is 0 Å². The van der Waals surface area contributed by atoms with Gasteiger partial charge in [-0.05, 0) is 31.5 Å². The molecule has 2 rings (SSSR count). The highest BCUT2D eigenvalue weighted by atomic mass is 35.5. The van der Waals surface area contributed by atoms with E-state index in [0.717, 1.165) is 5.56 Å². The SMILES string of the molecule is Cc1cnn(C[C@H](C)NCC(=O)Nc2ccc(Cl)cn2)c1. The standard InChI is InChI=1S/C14H18ClN5O/c1-10-5-18-20(8-10)9-11(2)16-7-14(21)19-13-4-3-12(15)6-17-13/h3-6,8,11,16H,7,9H2,1-2H3,(H,17,19,21)/t11-/m0/s1. The van der Waals surface area contributed by atoms with Gasteiger partial charge in [-0.1, -0.05) is 11.6 Å². The minimum atomic E-state index is -0.145. The second kappa shape index (κ2) is 7.19. The van der Waals surface area contributed by atoms with E-state index < -0.39 is 0 Å². The minimum absolute atomic E-state index is 0.133. The molecule has 0 unspecified atom stereocenters. The first kappa shape index (κ1) is 15.5. The Morgan fingerprint density at radius 1 is 1.43 bits per heavy atom. The lowest BCUT2D eigenvalue weighted by Gasteiger charge is -2.13. The van der Waals surface area contributed by atoms with E-state index in [-0.39, 0.29) is 18.5 Å². The molecule has 1 amide bonds. The average Bonchev–Trinajstić information content (AvgIpc) is 2.84. The van der Waals surface area contributed by atoms with Crippen molar-refractivity contribution in [3.8, 4) is 0 Å². The summed E-state index contributed by atoms with van der Waals surface area (Å²) in [4.78, 5) is 15.8. The lowest BCUT2D eigenvalue weighted by atomic mass is 10.3. The molecule has 0 aromatic carbocycles. The van der Waals surface area contributed by atoms with Gasteiger partial charge in [0, 0.05) is 18.4 Å². The van der Waals surface area contributed by atoms with Crippen molar-refractivity contribution in [1.29, 1.82) is 0 Å². The number of amides is 1. The van der Waals surface area contributed by atoms with Crippen LogP contribution < -0.4 is 10.6 Å². The minimum Gasteiger partial charge on any atom is -0.310 e. The summed E-state index contributed by atoms with van der Waals surface area (Å²) >= 11 is 5.73. The molecule has 0 aliphatic rings. The third kappa shape index (κ3) is 5.17. The summed E-state index contributed by atoms with van der Waals surface area (Å²) in [7, 11) is 0. The monoisotopic (exact) mass is 307 g/mol. The maximum Gasteiger partial charge on any atom is 0.239 e. The molecule has 1 atom stereocenters. The van der Waals surface area contributed by atoms with Crippen LogP contribution in [0.5, 0.6) is 0 Å². The first-order valence-corrected chi connectivity index (χ1v) is 7.04. The Labute approximate surface area is 128 Å². The van der Waals surface area contributed by atoms with Crippen LogP contribution in [0.15, 0.2) is 30.7 Å². The van der Waals surface area contributed by atoms with Crippen molar-refractivity contribution in [2.45, 2.75) is 26.4 Å². The maximum atomic E-state index is 11.8. The fourth-order valence-electron chi connectivity index (χ4n) is 1.82. The first-order valence-electron chi connectivity index (χ1n) is 6.67. The second-order valence-electron chi connectivity index (χ2n) is 4.93. The number of halogens is 1. The van der Waals surface area contributed by atoms with Crippen molar-refractivity contribution in [2.24, 2.45) is 0 Å². The number of hydrogen-bond donors (Lipinski definition) is 2. The van der Waals surface area contributed by atoms with Crippen LogP contribution in [0.25, 0.3) is 0 Å². The predicted octanol–water partition coefficient (Wildman–Crippen LogP) is 1.86. The Kier molecular flexibility index (Phi) is 5.30. The molecule has 2 heterocycles. The fraction of sp³-hybridized carbons (Fsp3) is 0.357. The zero-order chi connectivity index (χ0) is 15.2. The van der Waals surface area contributed by atoms with Gasteiger partial charge in [0.15, 0.2) is 0 Å². The maximum absolute atomic E-state index is 11.8. The van der Waals surface area contributed by atoms with Gasteiger partial charge in [-0.3, -0.25) is 9.48 Å². The summed E-state index contributed by atoms with van der Waals surface area (Å²) in [5.74, 6) is 0.342. The summed E-state index contributed by atoms with van der Waals surface area (Å²) < 4.78 is 1.85. The molecule has 112 valence electrons. The Bertz CT molecular complexity index is 596. The van der Waals surface area contributed by atoms with Crippen LogP contribution in [0.2, 0.25) is 5.02 Å². The molecule has 2 aromatic heterocycles. The first-order chi connectivity index (χ1) is 10.0. The molecule has 0 spiro atoms. The van der Waals surface area contributed by atoms with E-state index >= 15 is 0 Å².